The van der Waals surface area contributed by atoms with E-state index >= 15 is 0 Å². The first-order valence-corrected chi connectivity index (χ1v) is 34.4. The van der Waals surface area contributed by atoms with E-state index in [1.54, 1.807) is 0 Å². The first-order valence-electron chi connectivity index (χ1n) is 34.4. The van der Waals surface area contributed by atoms with Gasteiger partial charge in [0.05, 0.1) is 0 Å². The highest BCUT2D eigenvalue weighted by atomic mass is 16.6. The molecule has 0 N–H and O–H groups in total. The van der Waals surface area contributed by atoms with Gasteiger partial charge in [0.25, 0.3) is 0 Å². The summed E-state index contributed by atoms with van der Waals surface area (Å²) in [6.45, 7) is 6.52. The summed E-state index contributed by atoms with van der Waals surface area (Å²) in [5.74, 6) is -0.905. The molecule has 81 heavy (non-hydrogen) atoms. The van der Waals surface area contributed by atoms with Crippen molar-refractivity contribution in [3.8, 4) is 0 Å². The summed E-state index contributed by atoms with van der Waals surface area (Å²) >= 11 is 0. The zero-order valence-corrected chi connectivity index (χ0v) is 53.3. The van der Waals surface area contributed by atoms with Gasteiger partial charge in [0, 0.05) is 19.3 Å². The number of unbranched alkanes of at least 4 members (excludes halogenated alkanes) is 33. The van der Waals surface area contributed by atoms with Crippen molar-refractivity contribution in [2.75, 3.05) is 13.2 Å². The third kappa shape index (κ3) is 66.8. The van der Waals surface area contributed by atoms with Crippen molar-refractivity contribution in [1.29, 1.82) is 0 Å². The van der Waals surface area contributed by atoms with Crippen molar-refractivity contribution < 1.29 is 28.6 Å². The topological polar surface area (TPSA) is 78.9 Å². The lowest BCUT2D eigenvalue weighted by Crippen LogP contribution is -2.30. The van der Waals surface area contributed by atoms with E-state index in [1.807, 2.05) is 0 Å². The molecule has 6 heteroatoms. The lowest BCUT2D eigenvalue weighted by atomic mass is 10.1. The molecular weight excluding hydrogens is 997 g/mol. The van der Waals surface area contributed by atoms with Gasteiger partial charge in [0.1, 0.15) is 13.2 Å². The molecule has 0 amide bonds. The van der Waals surface area contributed by atoms with E-state index in [0.717, 1.165) is 122 Å². The average Bonchev–Trinajstić information content (AvgIpc) is 3.47. The van der Waals surface area contributed by atoms with Gasteiger partial charge in [-0.1, -0.05) is 291 Å². The molecule has 0 radical (unpaired) electrons. The summed E-state index contributed by atoms with van der Waals surface area (Å²) < 4.78 is 17.0. The molecule has 6 nitrogen and oxygen atoms in total. The van der Waals surface area contributed by atoms with E-state index in [9.17, 15) is 14.4 Å². The molecule has 0 aromatic carbocycles. The highest BCUT2D eigenvalue weighted by molar-refractivity contribution is 5.71. The Bertz CT molecular complexity index is 1620. The minimum Gasteiger partial charge on any atom is -0.462 e. The Balaban J connectivity index is 4.41. The third-order valence-corrected chi connectivity index (χ3v) is 14.7. The van der Waals surface area contributed by atoms with Crippen LogP contribution in [0.2, 0.25) is 0 Å². The Morgan fingerprint density at radius 3 is 0.765 bits per heavy atom. The molecule has 1 unspecified atom stereocenters. The second-order valence-corrected chi connectivity index (χ2v) is 22.7. The maximum absolute atomic E-state index is 12.9. The van der Waals surface area contributed by atoms with Crippen molar-refractivity contribution in [3.05, 3.63) is 109 Å². The quantitative estimate of drug-likeness (QED) is 0.0261. The van der Waals surface area contributed by atoms with E-state index in [1.165, 1.54) is 167 Å². The predicted molar refractivity (Wildman–Crippen MR) is 353 cm³/mol. The molecule has 0 bridgehead atoms. The van der Waals surface area contributed by atoms with E-state index in [-0.39, 0.29) is 31.1 Å². The number of esters is 3. The van der Waals surface area contributed by atoms with Crippen LogP contribution in [-0.2, 0) is 28.6 Å². The van der Waals surface area contributed by atoms with Gasteiger partial charge in [-0.15, -0.1) is 0 Å². The first-order chi connectivity index (χ1) is 40.0. The Morgan fingerprint density at radius 1 is 0.259 bits per heavy atom. The smallest absolute Gasteiger partial charge is 0.306 e. The van der Waals surface area contributed by atoms with Crippen LogP contribution >= 0.6 is 0 Å². The van der Waals surface area contributed by atoms with Crippen LogP contribution in [0.25, 0.3) is 0 Å². The van der Waals surface area contributed by atoms with Gasteiger partial charge in [-0.3, -0.25) is 14.4 Å². The molecule has 0 rings (SSSR count). The van der Waals surface area contributed by atoms with E-state index in [0.29, 0.717) is 19.3 Å². The molecule has 0 heterocycles. The summed E-state index contributed by atoms with van der Waals surface area (Å²) in [7, 11) is 0. The summed E-state index contributed by atoms with van der Waals surface area (Å²) in [6, 6.07) is 0. The number of carbonyl (C=O) groups is 3. The maximum atomic E-state index is 12.9. The van der Waals surface area contributed by atoms with Crippen molar-refractivity contribution in [3.63, 3.8) is 0 Å². The zero-order valence-electron chi connectivity index (χ0n) is 53.3. The van der Waals surface area contributed by atoms with Crippen LogP contribution in [0.3, 0.4) is 0 Å². The monoisotopic (exact) mass is 1120 g/mol. The minimum atomic E-state index is -0.796. The lowest BCUT2D eigenvalue weighted by Gasteiger charge is -2.18. The van der Waals surface area contributed by atoms with Crippen LogP contribution in [0.1, 0.15) is 329 Å². The van der Waals surface area contributed by atoms with Gasteiger partial charge in [-0.25, -0.2) is 0 Å². The Labute approximate surface area is 501 Å². The van der Waals surface area contributed by atoms with Crippen LogP contribution in [0, 0.1) is 0 Å². The van der Waals surface area contributed by atoms with Gasteiger partial charge in [0.15, 0.2) is 6.10 Å². The Morgan fingerprint density at radius 2 is 0.481 bits per heavy atom. The summed E-state index contributed by atoms with van der Waals surface area (Å²) in [5, 5.41) is 0. The second kappa shape index (κ2) is 68.6. The fourth-order valence-corrected chi connectivity index (χ4v) is 9.59. The number of allylic oxidation sites excluding steroid dienone is 18. The molecule has 0 aromatic rings. The molecule has 0 aliphatic rings. The highest BCUT2D eigenvalue weighted by Gasteiger charge is 2.19. The van der Waals surface area contributed by atoms with Gasteiger partial charge in [0.2, 0.25) is 0 Å². The SMILES string of the molecule is CC/C=C\C/C=C\C/C=C\C/C=C\C/C=C\CCCCCCCC(=O)OC(COC(=O)CCCCCCCCC/C=C\CCCCCCCC)COC(=O)CCCCCCCCCCCC/C=C\C/C=C\C/C=C\CCCCCCC. The van der Waals surface area contributed by atoms with Crippen LogP contribution in [-0.4, -0.2) is 37.2 Å². The molecule has 0 aromatic heterocycles. The fourth-order valence-electron chi connectivity index (χ4n) is 9.59. The van der Waals surface area contributed by atoms with Gasteiger partial charge in [-0.2, -0.15) is 0 Å². The van der Waals surface area contributed by atoms with Crippen LogP contribution in [0.5, 0.6) is 0 Å². The van der Waals surface area contributed by atoms with Crippen LogP contribution < -0.4 is 0 Å². The largest absolute Gasteiger partial charge is 0.462 e. The van der Waals surface area contributed by atoms with Crippen molar-refractivity contribution in [2.24, 2.45) is 0 Å². The fraction of sp³-hybridized carbons (Fsp3) is 0.720. The summed E-state index contributed by atoms with van der Waals surface area (Å²) in [6.07, 6.45) is 93.8. The van der Waals surface area contributed by atoms with Gasteiger partial charge in [-0.05, 0) is 128 Å². The number of carbonyl (C=O) groups excluding carboxylic acids is 3. The van der Waals surface area contributed by atoms with E-state index < -0.39 is 6.10 Å². The number of hydrogen-bond donors (Lipinski definition) is 0. The second-order valence-electron chi connectivity index (χ2n) is 22.7. The number of rotatable bonds is 62. The third-order valence-electron chi connectivity index (χ3n) is 14.7. The molecule has 1 atom stereocenters. The molecule has 0 aliphatic carbocycles. The number of hydrogen-bond acceptors (Lipinski definition) is 6. The van der Waals surface area contributed by atoms with Crippen molar-refractivity contribution in [2.45, 2.75) is 335 Å². The maximum Gasteiger partial charge on any atom is 0.306 e. The van der Waals surface area contributed by atoms with Crippen molar-refractivity contribution >= 4 is 17.9 Å². The van der Waals surface area contributed by atoms with Crippen molar-refractivity contribution in [1.82, 2.24) is 0 Å². The molecule has 0 aliphatic heterocycles. The summed E-state index contributed by atoms with van der Waals surface area (Å²) in [4.78, 5) is 38.5. The van der Waals surface area contributed by atoms with E-state index in [2.05, 4.69) is 130 Å². The highest BCUT2D eigenvalue weighted by Crippen LogP contribution is 2.16. The Hall–Kier alpha value is -3.93. The number of ether oxygens (including phenoxy) is 3. The van der Waals surface area contributed by atoms with Gasteiger partial charge >= 0.3 is 17.9 Å². The molecule has 0 fully saturated rings. The molecule has 0 saturated heterocycles. The summed E-state index contributed by atoms with van der Waals surface area (Å²) in [5.41, 5.74) is 0. The van der Waals surface area contributed by atoms with Crippen LogP contribution in [0.15, 0.2) is 109 Å². The average molecular weight is 1130 g/mol. The normalized spacial score (nSPS) is 12.8. The lowest BCUT2D eigenvalue weighted by molar-refractivity contribution is -0.167. The molecule has 0 saturated carbocycles. The zero-order chi connectivity index (χ0) is 58.5. The van der Waals surface area contributed by atoms with Crippen LogP contribution in [0.4, 0.5) is 0 Å². The first kappa shape index (κ1) is 77.1. The van der Waals surface area contributed by atoms with Gasteiger partial charge < -0.3 is 14.2 Å². The predicted octanol–water partition coefficient (Wildman–Crippen LogP) is 23.8. The minimum absolute atomic E-state index is 0.0895. The standard InChI is InChI=1S/C75H128O6/c1-4-7-10-13-16-19-22-25-28-31-33-35-36-37-38-40-41-44-47-50-53-56-59-62-65-68-74(77)80-71-72(70-79-73(76)67-64-61-58-55-52-49-46-43-30-27-24-21-18-15-12-9-6-3)81-75(78)69-66-63-60-57-54-51-48-45-42-39-34-32-29-26-23-20-17-14-11-8-5-2/h8,11,17,20,22,25-27,29-31,33-34,36-37,39,45,48,72H,4-7,9-10,12-16,18-19,21,23-24,28,32,35,38,40-44,46-47,49-71H2,1-3H3/b11-8-,20-17-,25-22-,29-26-,30-27-,33-31-,37-36-,39-34-,48-45-. The molecule has 464 valence electrons. The Kier molecular flexibility index (Phi) is 65.2. The molecule has 0 spiro atoms. The van der Waals surface area contributed by atoms with E-state index in [4.69, 9.17) is 14.2 Å². The molecular formula is C75H128O6.